The third-order valence-electron chi connectivity index (χ3n) is 6.09. The van der Waals surface area contributed by atoms with E-state index in [-0.39, 0.29) is 12.2 Å². The molecular formula is C23H29NO5. The van der Waals surface area contributed by atoms with Gasteiger partial charge in [0.15, 0.2) is 0 Å². The highest BCUT2D eigenvalue weighted by Gasteiger charge is 2.51. The zero-order valence-corrected chi connectivity index (χ0v) is 17.1. The van der Waals surface area contributed by atoms with Gasteiger partial charge in [-0.05, 0) is 64.5 Å². The number of hydrogen-bond donors (Lipinski definition) is 1. The molecule has 2 saturated carbocycles. The summed E-state index contributed by atoms with van der Waals surface area (Å²) in [5, 5.41) is 9.30. The van der Waals surface area contributed by atoms with Crippen LogP contribution in [0.2, 0.25) is 0 Å². The van der Waals surface area contributed by atoms with E-state index in [0.29, 0.717) is 19.1 Å². The average Bonchev–Trinajstić information content (AvgIpc) is 3.42. The third kappa shape index (κ3) is 4.70. The van der Waals surface area contributed by atoms with Crippen molar-refractivity contribution in [1.29, 1.82) is 0 Å². The average molecular weight is 399 g/mol. The van der Waals surface area contributed by atoms with E-state index >= 15 is 0 Å². The predicted octanol–water partition coefficient (Wildman–Crippen LogP) is 4.67. The van der Waals surface area contributed by atoms with Gasteiger partial charge < -0.3 is 19.0 Å². The fourth-order valence-electron chi connectivity index (χ4n) is 3.91. The number of rotatable bonds is 8. The van der Waals surface area contributed by atoms with Crippen LogP contribution in [0.15, 0.2) is 28.7 Å². The predicted molar refractivity (Wildman–Crippen MR) is 108 cm³/mol. The summed E-state index contributed by atoms with van der Waals surface area (Å²) in [5.74, 6) is 0.673. The van der Waals surface area contributed by atoms with Crippen molar-refractivity contribution in [3.05, 3.63) is 41.3 Å². The summed E-state index contributed by atoms with van der Waals surface area (Å²) in [6.45, 7) is 4.70. The molecule has 0 radical (unpaired) electrons. The molecule has 29 heavy (non-hydrogen) atoms. The van der Waals surface area contributed by atoms with E-state index in [1.54, 1.807) is 0 Å². The zero-order valence-electron chi connectivity index (χ0n) is 17.1. The molecule has 2 fully saturated rings. The molecule has 1 aromatic carbocycles. The van der Waals surface area contributed by atoms with Crippen molar-refractivity contribution in [3.8, 4) is 11.5 Å². The lowest BCUT2D eigenvalue weighted by Crippen LogP contribution is -2.31. The second-order valence-electron chi connectivity index (χ2n) is 8.51. The molecule has 1 heterocycles. The molecule has 2 unspecified atom stereocenters. The highest BCUT2D eigenvalue weighted by atomic mass is 16.5. The first-order valence-electron chi connectivity index (χ1n) is 10.5. The first kappa shape index (κ1) is 20.1. The van der Waals surface area contributed by atoms with Crippen LogP contribution in [0.25, 0.3) is 11.5 Å². The Morgan fingerprint density at radius 3 is 2.69 bits per heavy atom. The molecule has 156 valence electrons. The number of nitrogens with zero attached hydrogens (tertiary/aromatic N) is 1. The second-order valence-corrected chi connectivity index (χ2v) is 8.51. The summed E-state index contributed by atoms with van der Waals surface area (Å²) < 4.78 is 17.9. The van der Waals surface area contributed by atoms with Crippen LogP contribution in [0.4, 0.5) is 0 Å². The molecule has 2 atom stereocenters. The van der Waals surface area contributed by atoms with Crippen molar-refractivity contribution in [3.63, 3.8) is 0 Å². The standard InChI is InChI=1S/C23H29NO5/c1-15-5-3-6-17(11-15)21-24-20(16(2)29-21)13-27-18-7-4-8-19(12-18)28-14-23(9-10-23)22(25)26/h3,5-6,11,18-19H,4,7-10,12-14H2,1-2H3,(H,25,26). The van der Waals surface area contributed by atoms with Crippen molar-refractivity contribution >= 4 is 5.97 Å². The van der Waals surface area contributed by atoms with Crippen molar-refractivity contribution in [1.82, 2.24) is 4.98 Å². The quantitative estimate of drug-likeness (QED) is 0.695. The topological polar surface area (TPSA) is 81.8 Å². The Hall–Kier alpha value is -2.18. The van der Waals surface area contributed by atoms with Gasteiger partial charge in [-0.15, -0.1) is 0 Å². The molecule has 6 heteroatoms. The van der Waals surface area contributed by atoms with Gasteiger partial charge in [0.05, 0.1) is 30.8 Å². The smallest absolute Gasteiger partial charge is 0.311 e. The summed E-state index contributed by atoms with van der Waals surface area (Å²) in [4.78, 5) is 15.9. The van der Waals surface area contributed by atoms with Gasteiger partial charge >= 0.3 is 5.97 Å². The molecule has 2 aromatic rings. The minimum Gasteiger partial charge on any atom is -0.481 e. The summed E-state index contributed by atoms with van der Waals surface area (Å²) in [7, 11) is 0. The lowest BCUT2D eigenvalue weighted by molar-refractivity contribution is -0.147. The second kappa shape index (κ2) is 8.28. The molecule has 4 rings (SSSR count). The molecule has 0 spiro atoms. The van der Waals surface area contributed by atoms with Gasteiger partial charge in [-0.3, -0.25) is 4.79 Å². The van der Waals surface area contributed by atoms with Gasteiger partial charge in [-0.25, -0.2) is 4.98 Å². The van der Waals surface area contributed by atoms with Crippen LogP contribution >= 0.6 is 0 Å². The normalized spacial score (nSPS) is 23.1. The maximum absolute atomic E-state index is 11.3. The Morgan fingerprint density at radius 1 is 1.24 bits per heavy atom. The Labute approximate surface area is 171 Å². The van der Waals surface area contributed by atoms with Crippen LogP contribution in [0.3, 0.4) is 0 Å². The van der Waals surface area contributed by atoms with Crippen molar-refractivity contribution in [2.75, 3.05) is 6.61 Å². The molecule has 2 aliphatic rings. The number of hydrogen-bond acceptors (Lipinski definition) is 5. The van der Waals surface area contributed by atoms with Crippen LogP contribution in [-0.4, -0.2) is 34.9 Å². The van der Waals surface area contributed by atoms with Gasteiger partial charge in [0, 0.05) is 5.56 Å². The first-order valence-corrected chi connectivity index (χ1v) is 10.5. The third-order valence-corrected chi connectivity index (χ3v) is 6.09. The molecule has 0 saturated heterocycles. The molecule has 1 N–H and O–H groups in total. The largest absolute Gasteiger partial charge is 0.481 e. The molecule has 0 aliphatic heterocycles. The minimum absolute atomic E-state index is 0.0758. The van der Waals surface area contributed by atoms with Gasteiger partial charge in [0.1, 0.15) is 11.5 Å². The molecule has 0 bridgehead atoms. The summed E-state index contributed by atoms with van der Waals surface area (Å²) in [6, 6.07) is 8.10. The Morgan fingerprint density at radius 2 is 2.00 bits per heavy atom. The fraction of sp³-hybridized carbons (Fsp3) is 0.565. The number of aryl methyl sites for hydroxylation is 2. The Balaban J connectivity index is 1.30. The number of carboxylic acids is 1. The number of oxazole rings is 1. The molecule has 6 nitrogen and oxygen atoms in total. The number of benzene rings is 1. The van der Waals surface area contributed by atoms with Crippen molar-refractivity contribution < 1.29 is 23.8 Å². The Kier molecular flexibility index (Phi) is 5.74. The van der Waals surface area contributed by atoms with Crippen LogP contribution in [-0.2, 0) is 20.9 Å². The SMILES string of the molecule is Cc1cccc(-c2nc(COC3CCCC(OCC4(C(=O)O)CC4)C3)c(C)o2)c1. The summed E-state index contributed by atoms with van der Waals surface area (Å²) in [6.07, 6.45) is 5.42. The maximum atomic E-state index is 11.3. The maximum Gasteiger partial charge on any atom is 0.311 e. The molecule has 0 amide bonds. The van der Waals surface area contributed by atoms with E-state index in [4.69, 9.17) is 13.9 Å². The molecular weight excluding hydrogens is 370 g/mol. The molecule has 2 aliphatic carbocycles. The number of ether oxygens (including phenoxy) is 2. The Bertz CT molecular complexity index is 870. The highest BCUT2D eigenvalue weighted by molar-refractivity contribution is 5.77. The minimum atomic E-state index is -0.730. The van der Waals surface area contributed by atoms with Crippen LogP contribution in [0, 0.1) is 19.3 Å². The van der Waals surface area contributed by atoms with E-state index in [2.05, 4.69) is 11.1 Å². The number of aliphatic carboxylic acids is 1. The van der Waals surface area contributed by atoms with E-state index in [9.17, 15) is 9.90 Å². The number of carboxylic acid groups (broad SMARTS) is 1. The van der Waals surface area contributed by atoms with Crippen LogP contribution < -0.4 is 0 Å². The summed E-state index contributed by atoms with van der Waals surface area (Å²) >= 11 is 0. The van der Waals surface area contributed by atoms with Crippen LogP contribution in [0.1, 0.15) is 55.5 Å². The van der Waals surface area contributed by atoms with Gasteiger partial charge in [-0.2, -0.15) is 0 Å². The molecule has 1 aromatic heterocycles. The zero-order chi connectivity index (χ0) is 20.4. The monoisotopic (exact) mass is 399 g/mol. The van der Waals surface area contributed by atoms with E-state index in [1.165, 1.54) is 5.56 Å². The van der Waals surface area contributed by atoms with Gasteiger partial charge in [-0.1, -0.05) is 17.7 Å². The summed E-state index contributed by atoms with van der Waals surface area (Å²) in [5.41, 5.74) is 2.34. The highest BCUT2D eigenvalue weighted by Crippen LogP contribution is 2.46. The van der Waals surface area contributed by atoms with Gasteiger partial charge in [0.2, 0.25) is 5.89 Å². The van der Waals surface area contributed by atoms with Crippen LogP contribution in [0.5, 0.6) is 0 Å². The lowest BCUT2D eigenvalue weighted by atomic mass is 9.94. The number of aromatic nitrogens is 1. The van der Waals surface area contributed by atoms with Gasteiger partial charge in [0.25, 0.3) is 0 Å². The van der Waals surface area contributed by atoms with Crippen molar-refractivity contribution in [2.45, 2.75) is 71.2 Å². The number of carbonyl (C=O) groups is 1. The van der Waals surface area contributed by atoms with E-state index in [1.807, 2.05) is 32.0 Å². The lowest BCUT2D eigenvalue weighted by Gasteiger charge is -2.29. The van der Waals surface area contributed by atoms with Crippen molar-refractivity contribution in [2.24, 2.45) is 5.41 Å². The fourth-order valence-corrected chi connectivity index (χ4v) is 3.91. The first-order chi connectivity index (χ1) is 13.9. The van der Waals surface area contributed by atoms with E-state index < -0.39 is 11.4 Å². The van der Waals surface area contributed by atoms with E-state index in [0.717, 1.165) is 55.5 Å².